The Balaban J connectivity index is 2.31. The molecule has 0 aliphatic heterocycles. The summed E-state index contributed by atoms with van der Waals surface area (Å²) in [6.45, 7) is 13.3. The molecule has 0 bridgehead atoms. The maximum absolute atomic E-state index is 13.6. The van der Waals surface area contributed by atoms with Crippen LogP contribution in [0.15, 0.2) is 42.0 Å². The molecule has 0 aromatic heterocycles. The fourth-order valence-corrected chi connectivity index (χ4v) is 6.97. The molecule has 0 heterocycles. The molecule has 1 aromatic rings. The Morgan fingerprint density at radius 3 is 2.19 bits per heavy atom. The number of para-hydroxylation sites is 1. The van der Waals surface area contributed by atoms with E-state index in [9.17, 15) is 14.4 Å². The Kier molecular flexibility index (Phi) is 14.0. The van der Waals surface area contributed by atoms with Gasteiger partial charge in [0.1, 0.15) is 0 Å². The lowest BCUT2D eigenvalue weighted by Crippen LogP contribution is -2.58. The molecule has 0 saturated carbocycles. The lowest BCUT2D eigenvalue weighted by atomic mass is 9.70. The third kappa shape index (κ3) is 10.8. The van der Waals surface area contributed by atoms with Gasteiger partial charge in [-0.05, 0) is 81.6 Å². The van der Waals surface area contributed by atoms with E-state index in [2.05, 4.69) is 51.3 Å². The predicted molar refractivity (Wildman–Crippen MR) is 178 cm³/mol. The molecular formula is C33H50N2O6S2. The molecule has 0 fully saturated rings. The minimum absolute atomic E-state index is 0.0229. The van der Waals surface area contributed by atoms with Gasteiger partial charge < -0.3 is 24.8 Å². The van der Waals surface area contributed by atoms with Gasteiger partial charge >= 0.3 is 18.0 Å². The first-order chi connectivity index (χ1) is 20.2. The molecule has 2 rings (SSSR count). The number of ether oxygens (including phenoxy) is 3. The van der Waals surface area contributed by atoms with E-state index in [1.165, 1.54) is 14.2 Å². The summed E-state index contributed by atoms with van der Waals surface area (Å²) in [5.41, 5.74) is -0.153. The van der Waals surface area contributed by atoms with Crippen LogP contribution in [0.1, 0.15) is 86.5 Å². The van der Waals surface area contributed by atoms with Crippen LogP contribution in [0, 0.1) is 16.7 Å². The minimum atomic E-state index is -1.74. The first-order valence-corrected chi connectivity index (χ1v) is 16.2. The predicted octanol–water partition coefficient (Wildman–Crippen LogP) is 7.68. The monoisotopic (exact) mass is 634 g/mol. The highest BCUT2D eigenvalue weighted by atomic mass is 32.2. The first-order valence-electron chi connectivity index (χ1n) is 15.0. The van der Waals surface area contributed by atoms with Crippen molar-refractivity contribution in [3.8, 4) is 0 Å². The zero-order valence-corrected chi connectivity index (χ0v) is 28.7. The van der Waals surface area contributed by atoms with Crippen molar-refractivity contribution in [2.75, 3.05) is 26.1 Å². The lowest BCUT2D eigenvalue weighted by molar-refractivity contribution is -0.171. The summed E-state index contributed by atoms with van der Waals surface area (Å²) in [6, 6.07) is 7.65. The van der Waals surface area contributed by atoms with Gasteiger partial charge in [0.15, 0.2) is 5.41 Å². The van der Waals surface area contributed by atoms with Gasteiger partial charge in [0.25, 0.3) is 0 Å². The summed E-state index contributed by atoms with van der Waals surface area (Å²) in [5.74, 6) is -1.13. The van der Waals surface area contributed by atoms with E-state index in [0.29, 0.717) is 41.9 Å². The summed E-state index contributed by atoms with van der Waals surface area (Å²) in [7, 11) is 2.52. The number of thiocarbonyl (C=S) groups is 1. The number of nitrogens with one attached hydrogen (secondary N) is 2. The van der Waals surface area contributed by atoms with Crippen molar-refractivity contribution < 1.29 is 28.6 Å². The van der Waals surface area contributed by atoms with Crippen LogP contribution >= 0.6 is 24.0 Å². The number of anilines is 1. The van der Waals surface area contributed by atoms with Gasteiger partial charge in [-0.3, -0.25) is 9.59 Å². The summed E-state index contributed by atoms with van der Waals surface area (Å²) >= 11 is 7.12. The van der Waals surface area contributed by atoms with Gasteiger partial charge in [0.2, 0.25) is 4.38 Å². The summed E-state index contributed by atoms with van der Waals surface area (Å²) in [5, 5.41) is 5.73. The lowest BCUT2D eigenvalue weighted by Gasteiger charge is -2.39. The van der Waals surface area contributed by atoms with Crippen LogP contribution in [0.4, 0.5) is 10.5 Å². The van der Waals surface area contributed by atoms with Crippen molar-refractivity contribution in [1.82, 2.24) is 5.32 Å². The van der Waals surface area contributed by atoms with Gasteiger partial charge in [0, 0.05) is 10.4 Å². The molecule has 2 amide bonds. The van der Waals surface area contributed by atoms with Crippen LogP contribution in [-0.4, -0.2) is 54.0 Å². The number of carbonyl (C=O) groups is 3. The summed E-state index contributed by atoms with van der Waals surface area (Å²) in [4.78, 5) is 40.3. The average Bonchev–Trinajstić information content (AvgIpc) is 2.96. The topological polar surface area (TPSA) is 103 Å². The maximum Gasteiger partial charge on any atom is 0.325 e. The average molecular weight is 635 g/mol. The van der Waals surface area contributed by atoms with Crippen LogP contribution in [0.25, 0.3) is 0 Å². The number of carbonyl (C=O) groups excluding carboxylic acids is 3. The number of hydrogen-bond acceptors (Lipinski definition) is 8. The number of thioether (sulfide) groups is 1. The Bertz CT molecular complexity index is 1110. The van der Waals surface area contributed by atoms with Gasteiger partial charge in [-0.2, -0.15) is 0 Å². The van der Waals surface area contributed by atoms with E-state index in [0.717, 1.165) is 24.8 Å². The van der Waals surface area contributed by atoms with Crippen molar-refractivity contribution in [3.05, 3.63) is 42.0 Å². The van der Waals surface area contributed by atoms with Crippen molar-refractivity contribution >= 4 is 52.0 Å². The minimum Gasteiger partial charge on any atom is -0.478 e. The SMILES string of the molecule is CCCCC(NC(=O)Nc1ccccc1)C(CC1=CC[C@H](C(C)(C)SC(=S)OCC(C)(C)C)CC1)(C(=O)OC)C(=O)OC. The maximum atomic E-state index is 13.6. The third-order valence-electron chi connectivity index (χ3n) is 7.84. The fraction of sp³-hybridized carbons (Fsp3) is 0.636. The number of hydrogen-bond donors (Lipinski definition) is 2. The number of rotatable bonds is 13. The van der Waals surface area contributed by atoms with Crippen LogP contribution in [0.5, 0.6) is 0 Å². The standard InChI is InChI=1S/C33H50N2O6S2/c1-9-10-16-26(35-29(38)34-25-14-12-11-13-15-25)33(27(36)39-7,28(37)40-8)21-23-17-19-24(20-18-23)32(5,6)43-30(42)41-22-31(2,3)4/h11-15,17,24,26H,9-10,16,18-22H2,1-8H3,(H2,34,35,38)/t24-,26?/m0/s1. The Hall–Kier alpha value is -2.59. The summed E-state index contributed by atoms with van der Waals surface area (Å²) in [6.07, 6.45) is 6.43. The van der Waals surface area contributed by atoms with Gasteiger partial charge in [0.05, 0.1) is 26.9 Å². The molecule has 1 unspecified atom stereocenters. The molecule has 43 heavy (non-hydrogen) atoms. The second-order valence-electron chi connectivity index (χ2n) is 12.9. The Labute approximate surface area is 267 Å². The van der Waals surface area contributed by atoms with E-state index < -0.39 is 29.4 Å². The van der Waals surface area contributed by atoms with Crippen molar-refractivity contribution in [1.29, 1.82) is 0 Å². The van der Waals surface area contributed by atoms with E-state index in [1.54, 1.807) is 23.9 Å². The molecule has 240 valence electrons. The molecular weight excluding hydrogens is 585 g/mol. The van der Waals surface area contributed by atoms with Crippen LogP contribution in [0.3, 0.4) is 0 Å². The van der Waals surface area contributed by atoms with Crippen molar-refractivity contribution in [2.24, 2.45) is 16.7 Å². The van der Waals surface area contributed by atoms with Crippen LogP contribution in [-0.2, 0) is 23.8 Å². The largest absolute Gasteiger partial charge is 0.478 e. The number of unbranched alkanes of at least 4 members (excludes halogenated alkanes) is 1. The van der Waals surface area contributed by atoms with Crippen molar-refractivity contribution in [2.45, 2.75) is 97.3 Å². The summed E-state index contributed by atoms with van der Waals surface area (Å²) < 4.78 is 16.7. The highest BCUT2D eigenvalue weighted by molar-refractivity contribution is 8.23. The highest BCUT2D eigenvalue weighted by Gasteiger charge is 2.55. The van der Waals surface area contributed by atoms with Gasteiger partial charge in [-0.1, -0.05) is 82.1 Å². The molecule has 2 N–H and O–H groups in total. The molecule has 2 atom stereocenters. The number of urea groups is 1. The van der Waals surface area contributed by atoms with Gasteiger partial charge in [-0.15, -0.1) is 0 Å². The molecule has 10 heteroatoms. The normalized spacial score (nSPS) is 16.4. The smallest absolute Gasteiger partial charge is 0.325 e. The number of allylic oxidation sites excluding steroid dienone is 2. The quantitative estimate of drug-likeness (QED) is 0.0986. The third-order valence-corrected chi connectivity index (χ3v) is 9.35. The number of methoxy groups -OCH3 is 2. The number of amides is 2. The van der Waals surface area contributed by atoms with E-state index in [4.69, 9.17) is 26.4 Å². The molecule has 0 spiro atoms. The van der Waals surface area contributed by atoms with Crippen LogP contribution in [0.2, 0.25) is 0 Å². The first kappa shape index (κ1) is 36.6. The van der Waals surface area contributed by atoms with E-state index in [-0.39, 0.29) is 16.6 Å². The molecule has 1 aliphatic rings. The Morgan fingerprint density at radius 2 is 1.67 bits per heavy atom. The molecule has 0 radical (unpaired) electrons. The fourth-order valence-electron chi connectivity index (χ4n) is 5.34. The van der Waals surface area contributed by atoms with E-state index >= 15 is 0 Å². The van der Waals surface area contributed by atoms with E-state index in [1.807, 2.05) is 25.1 Å². The number of benzene rings is 1. The zero-order valence-electron chi connectivity index (χ0n) is 27.0. The Morgan fingerprint density at radius 1 is 1.05 bits per heavy atom. The second-order valence-corrected chi connectivity index (χ2v) is 15.2. The molecule has 1 aliphatic carbocycles. The molecule has 0 saturated heterocycles. The zero-order chi connectivity index (χ0) is 32.3. The van der Waals surface area contributed by atoms with Crippen LogP contribution < -0.4 is 10.6 Å². The van der Waals surface area contributed by atoms with Crippen molar-refractivity contribution in [3.63, 3.8) is 0 Å². The second kappa shape index (κ2) is 16.5. The molecule has 1 aromatic carbocycles. The highest BCUT2D eigenvalue weighted by Crippen LogP contribution is 2.45. The number of esters is 2. The van der Waals surface area contributed by atoms with Gasteiger partial charge in [-0.25, -0.2) is 4.79 Å². The molecule has 8 nitrogen and oxygen atoms in total.